The zero-order valence-electron chi connectivity index (χ0n) is 7.06. The molecule has 16 heteroatoms. The Morgan fingerprint density at radius 1 is 0.875 bits per heavy atom. The van der Waals surface area contributed by atoms with E-state index in [-0.39, 0.29) is 19.5 Å². The van der Waals surface area contributed by atoms with Gasteiger partial charge in [0.05, 0.1) is 0 Å². The summed E-state index contributed by atoms with van der Waals surface area (Å²) in [5.74, 6) is 0. The molecule has 0 spiro atoms. The summed E-state index contributed by atoms with van der Waals surface area (Å²) in [6.07, 6.45) is 0. The van der Waals surface area contributed by atoms with Gasteiger partial charge in [0.1, 0.15) is 0 Å². The second-order valence-corrected chi connectivity index (χ2v) is 5.07. The summed E-state index contributed by atoms with van der Waals surface area (Å²) in [6, 6.07) is 0. The molecule has 0 aliphatic rings. The minimum atomic E-state index is -5.75. The van der Waals surface area contributed by atoms with Crippen LogP contribution in [0, 0.1) is 0 Å². The van der Waals surface area contributed by atoms with Gasteiger partial charge in [-0.05, 0) is 0 Å². The van der Waals surface area contributed by atoms with Gasteiger partial charge < -0.3 is 14.7 Å². The minimum absolute atomic E-state index is 0. The van der Waals surface area contributed by atoms with Crippen molar-refractivity contribution in [3.63, 3.8) is 0 Å². The Morgan fingerprint density at radius 2 is 0.875 bits per heavy atom. The van der Waals surface area contributed by atoms with Crippen molar-refractivity contribution in [1.29, 1.82) is 0 Å². The molecule has 0 aromatic heterocycles. The molecule has 0 radical (unpaired) electrons. The van der Waals surface area contributed by atoms with Crippen LogP contribution in [0.15, 0.2) is 0 Å². The molecule has 0 unspecified atom stereocenters. The predicted octanol–water partition coefficient (Wildman–Crippen LogP) is -4.90. The Hall–Kier alpha value is 0.838. The van der Waals surface area contributed by atoms with Gasteiger partial charge in [-0.25, -0.2) is 4.57 Å². The van der Waals surface area contributed by atoms with Crippen molar-refractivity contribution >= 4 is 7.82 Å². The maximum atomic E-state index is 8.88. The summed E-state index contributed by atoms with van der Waals surface area (Å²) in [4.78, 5) is 21.6. The fourth-order valence-corrected chi connectivity index (χ4v) is 0. The van der Waals surface area contributed by atoms with Crippen molar-refractivity contribution in [1.82, 2.24) is 0 Å². The van der Waals surface area contributed by atoms with Gasteiger partial charge in [-0.3, -0.25) is 0 Å². The first kappa shape index (κ1) is 25.6. The van der Waals surface area contributed by atoms with Crippen LogP contribution in [0.1, 0.15) is 0 Å². The monoisotopic (exact) mass is 396 g/mol. The van der Waals surface area contributed by atoms with E-state index in [2.05, 4.69) is 0 Å². The molecule has 16 heavy (non-hydrogen) atoms. The molecule has 0 heterocycles. The Morgan fingerprint density at radius 3 is 0.875 bits per heavy atom. The summed E-state index contributed by atoms with van der Waals surface area (Å²) in [6.45, 7) is 0. The van der Waals surface area contributed by atoms with E-state index in [0.717, 1.165) is 0 Å². The van der Waals surface area contributed by atoms with Crippen molar-refractivity contribution in [2.24, 2.45) is 0 Å². The maximum Gasteiger partial charge on any atom is 2.00 e. The van der Waals surface area contributed by atoms with Gasteiger partial charge in [-0.1, -0.05) is 0 Å². The fourth-order valence-electron chi connectivity index (χ4n) is 0. The van der Waals surface area contributed by atoms with Gasteiger partial charge >= 0.3 is 86.4 Å². The van der Waals surface area contributed by atoms with Crippen LogP contribution in [0.4, 0.5) is 0 Å². The molecule has 0 aromatic rings. The van der Waals surface area contributed by atoms with Crippen molar-refractivity contribution in [2.75, 3.05) is 0 Å². The standard InChI is InChI=1S/2Cr.H3O4P.2H2O.6O.Zn/c;;1-5(2,3)4;;;;;;;;;/h;;(H3,1,2,3,4);2*1H2;;;;;;;/q;+2;;;;;;;;2*-1;+2/p-2. The average Bonchev–Trinajstić information content (AvgIpc) is 1.41. The number of rotatable bonds is 0. The molecular weight excluding hydrogens is 392 g/mol. The molecule has 0 saturated carbocycles. The molecular formula is H5Cr2O12PZn. The smallest absolute Gasteiger partial charge is 2.00 e. The summed E-state index contributed by atoms with van der Waals surface area (Å²) in [7, 11) is -4.64. The maximum absolute atomic E-state index is 8.88. The van der Waals surface area contributed by atoms with E-state index >= 15 is 0 Å². The fraction of sp³-hybridized carbons (Fsp3) is 0. The topological polar surface area (TPSA) is 233 Å². The molecule has 0 aromatic carbocycles. The molecule has 0 saturated heterocycles. The normalized spacial score (nSPS) is 10.9. The number of hydrogen-bond acceptors (Lipinski definition) is 7. The zero-order chi connectivity index (χ0) is 13.5. The van der Waals surface area contributed by atoms with E-state index in [0.29, 0.717) is 0 Å². The number of hydrogen-bond donors (Lipinski definition) is 5. The van der Waals surface area contributed by atoms with Crippen LogP contribution in [-0.4, -0.2) is 23.0 Å². The molecule has 96 valence electrons. The minimum Gasteiger partial charge on any atom is 2.00 e. The Kier molecular flexibility index (Phi) is 15.7. The summed E-state index contributed by atoms with van der Waals surface area (Å²) in [5, 5.41) is 0. The van der Waals surface area contributed by atoms with Crippen molar-refractivity contribution in [2.45, 2.75) is 0 Å². The second kappa shape index (κ2) is 9.83. The number of phosphoric acid groups is 1. The molecule has 0 aliphatic carbocycles. The van der Waals surface area contributed by atoms with E-state index < -0.39 is 35.1 Å². The van der Waals surface area contributed by atoms with E-state index in [4.69, 9.17) is 51.1 Å². The first-order valence-electron chi connectivity index (χ1n) is 2.15. The van der Waals surface area contributed by atoms with Crippen molar-refractivity contribution in [3.05, 3.63) is 0 Å². The van der Waals surface area contributed by atoms with E-state index in [1.54, 1.807) is 0 Å². The first-order valence-corrected chi connectivity index (χ1v) is 7.98. The van der Waals surface area contributed by atoms with Crippen LogP contribution in [0.5, 0.6) is 0 Å². The third kappa shape index (κ3) is 4040. The third-order valence-electron chi connectivity index (χ3n) is 0. The van der Waals surface area contributed by atoms with E-state index in [9.17, 15) is 0 Å². The summed E-state index contributed by atoms with van der Waals surface area (Å²) >= 11 is -11.0. The third-order valence-corrected chi connectivity index (χ3v) is 0. The molecule has 0 fully saturated rings. The van der Waals surface area contributed by atoms with Gasteiger partial charge in [0.15, 0.2) is 0 Å². The molecule has 5 N–H and O–H groups in total. The van der Waals surface area contributed by atoms with Gasteiger partial charge in [0.2, 0.25) is 0 Å². The average molecular weight is 397 g/mol. The Bertz CT molecular complexity index is 326. The SMILES string of the molecule is O=P(O)(O)O.[O]=[Cr](=[O])([O-])[O-].[O]=[Cr](=[O])([OH])[OH].[Zn+2]. The Balaban J connectivity index is -0.0000000655. The zero-order valence-corrected chi connectivity index (χ0v) is 13.5. The van der Waals surface area contributed by atoms with Crippen LogP contribution < -0.4 is 8.32 Å². The Labute approximate surface area is 105 Å². The van der Waals surface area contributed by atoms with Crippen LogP contribution in [-0.2, 0) is 66.5 Å². The van der Waals surface area contributed by atoms with Crippen LogP contribution in [0.2, 0.25) is 0 Å². The van der Waals surface area contributed by atoms with E-state index in [1.165, 1.54) is 0 Å². The summed E-state index contributed by atoms with van der Waals surface area (Å²) < 4.78 is 75.1. The van der Waals surface area contributed by atoms with E-state index in [1.807, 2.05) is 0 Å². The first-order chi connectivity index (χ1) is 6.00. The molecule has 0 amide bonds. The molecule has 12 nitrogen and oxygen atoms in total. The molecule has 0 aliphatic heterocycles. The van der Waals surface area contributed by atoms with Crippen molar-refractivity contribution < 1.29 is 97.8 Å². The van der Waals surface area contributed by atoms with Gasteiger partial charge in [-0.2, -0.15) is 0 Å². The largest absolute Gasteiger partial charge is 2.00 e. The summed E-state index contributed by atoms with van der Waals surface area (Å²) in [5.41, 5.74) is 0. The predicted molar refractivity (Wildman–Crippen MR) is 21.4 cm³/mol. The second-order valence-electron chi connectivity index (χ2n) is 1.37. The molecule has 0 rings (SSSR count). The quantitative estimate of drug-likeness (QED) is 0.191. The van der Waals surface area contributed by atoms with Crippen molar-refractivity contribution in [3.8, 4) is 0 Å². The van der Waals surface area contributed by atoms with Crippen LogP contribution in [0.25, 0.3) is 0 Å². The van der Waals surface area contributed by atoms with Crippen LogP contribution in [0.3, 0.4) is 0 Å². The van der Waals surface area contributed by atoms with Crippen LogP contribution >= 0.6 is 7.82 Å². The van der Waals surface area contributed by atoms with Gasteiger partial charge in [0, 0.05) is 0 Å². The molecule has 0 atom stereocenters. The molecule has 0 bridgehead atoms. The van der Waals surface area contributed by atoms with Gasteiger partial charge in [0.25, 0.3) is 0 Å². The van der Waals surface area contributed by atoms with Gasteiger partial charge in [-0.15, -0.1) is 0 Å².